The summed E-state index contributed by atoms with van der Waals surface area (Å²) in [4.78, 5) is 0. The van der Waals surface area contributed by atoms with Gasteiger partial charge in [-0.2, -0.15) is 0 Å². The average molecular weight is 589 g/mol. The van der Waals surface area contributed by atoms with Gasteiger partial charge in [0.25, 0.3) is 0 Å². The molecule has 0 radical (unpaired) electrons. The predicted octanol–water partition coefficient (Wildman–Crippen LogP) is 8.73. The van der Waals surface area contributed by atoms with E-state index in [0.717, 1.165) is 12.8 Å². The summed E-state index contributed by atoms with van der Waals surface area (Å²) in [5.74, 6) is 0. The van der Waals surface area contributed by atoms with E-state index in [-0.39, 0.29) is 24.8 Å². The normalized spacial score (nSPS) is 12.7. The second kappa shape index (κ2) is 11.4. The molecule has 0 spiro atoms. The maximum atomic E-state index is 2.55. The van der Waals surface area contributed by atoms with E-state index in [0.29, 0.717) is 0 Å². The van der Waals surface area contributed by atoms with E-state index < -0.39 is 21.3 Å². The third kappa shape index (κ3) is 4.95. The zero-order valence-electron chi connectivity index (χ0n) is 20.6. The number of fused-ring (bicyclic) bond motifs is 3. The van der Waals surface area contributed by atoms with Crippen molar-refractivity contribution in [1.82, 2.24) is 0 Å². The molecule has 0 amide bonds. The molecule has 36 heavy (non-hydrogen) atoms. The number of halogens is 2. The van der Waals surface area contributed by atoms with Crippen LogP contribution in [0, 0.1) is 0 Å². The molecule has 4 aromatic rings. The smallest absolute Gasteiger partial charge is 0.147 e. The molecule has 0 aromatic heterocycles. The fourth-order valence-corrected chi connectivity index (χ4v) is 12.7. The summed E-state index contributed by atoms with van der Waals surface area (Å²) < 4.78 is 5.03. The monoisotopic (exact) mass is 586 g/mol. The second-order valence-electron chi connectivity index (χ2n) is 9.53. The van der Waals surface area contributed by atoms with E-state index in [1.807, 2.05) is 0 Å². The van der Waals surface area contributed by atoms with Gasteiger partial charge in [-0.15, -0.1) is 24.8 Å². The number of hydrogen-bond acceptors (Lipinski definition) is 0. The van der Waals surface area contributed by atoms with Crippen LogP contribution in [0.2, 0.25) is 0 Å². The summed E-state index contributed by atoms with van der Waals surface area (Å²) in [6, 6.07) is 33.8. The summed E-state index contributed by atoms with van der Waals surface area (Å²) in [6.07, 6.45) is 9.21. The van der Waals surface area contributed by atoms with E-state index in [1.54, 1.807) is 15.3 Å². The minimum atomic E-state index is -2.13. The van der Waals surface area contributed by atoms with Crippen molar-refractivity contribution in [2.75, 3.05) is 0 Å². The first-order chi connectivity index (χ1) is 16.7. The minimum Gasteiger partial charge on any atom is -0.147 e. The largest absolute Gasteiger partial charge is 0.147 e. The zero-order valence-corrected chi connectivity index (χ0v) is 24.7. The summed E-state index contributed by atoms with van der Waals surface area (Å²) in [6.45, 7) is 4.76. The number of allylic oxidation sites excluding steroid dienone is 4. The molecule has 0 saturated carbocycles. The van der Waals surface area contributed by atoms with Gasteiger partial charge in [-0.1, -0.05) is 0 Å². The van der Waals surface area contributed by atoms with Crippen LogP contribution in [0.5, 0.6) is 0 Å². The molecule has 0 N–H and O–H groups in total. The second-order valence-corrected chi connectivity index (χ2v) is 16.7. The van der Waals surface area contributed by atoms with Gasteiger partial charge < -0.3 is 0 Å². The molecular weight excluding hydrogens is 558 g/mol. The molecule has 6 rings (SSSR count). The molecule has 0 bridgehead atoms. The number of benzene rings is 4. The standard InChI is InChI=1S/C25H17.C5H5.C3H6.2ClH.Zr/c1-3-7-18(8-4-1)20-11-13-22-15-23-14-12-21(17-25(23)24(22)16-20)19-9-5-2-6-10-19;1-2-4-5-3-1;1-3-2;;;/h1-13,16-17H,15H2;1-3H,4H2;1-2H3;2*1H;. The molecule has 3 heteroatoms. The Labute approximate surface area is 234 Å². The molecule has 0 unspecified atom stereocenters. The van der Waals surface area contributed by atoms with Crippen LogP contribution in [-0.2, 0) is 27.7 Å². The van der Waals surface area contributed by atoms with Crippen molar-refractivity contribution < 1.29 is 21.3 Å². The van der Waals surface area contributed by atoms with E-state index in [2.05, 4.69) is 123 Å². The number of rotatable bonds is 4. The number of hydrogen-bond donors (Lipinski definition) is 0. The van der Waals surface area contributed by atoms with Gasteiger partial charge >= 0.3 is 211 Å². The first-order valence-electron chi connectivity index (χ1n) is 12.1. The third-order valence-corrected chi connectivity index (χ3v) is 14.5. The quantitative estimate of drug-likeness (QED) is 0.197. The average Bonchev–Trinajstić information content (AvgIpc) is 3.53. The van der Waals surface area contributed by atoms with E-state index in [4.69, 9.17) is 0 Å². The van der Waals surface area contributed by atoms with Gasteiger partial charge in [-0.05, 0) is 0 Å². The van der Waals surface area contributed by atoms with Crippen LogP contribution in [0.25, 0.3) is 33.4 Å². The van der Waals surface area contributed by atoms with Gasteiger partial charge in [0.2, 0.25) is 0 Å². The van der Waals surface area contributed by atoms with E-state index in [1.165, 1.54) is 38.9 Å². The van der Waals surface area contributed by atoms with E-state index >= 15 is 0 Å². The van der Waals surface area contributed by atoms with Gasteiger partial charge in [0.05, 0.1) is 0 Å². The van der Waals surface area contributed by atoms with Crippen molar-refractivity contribution in [3.63, 3.8) is 0 Å². The Bertz CT molecular complexity index is 1490. The Kier molecular flexibility index (Phi) is 8.46. The molecule has 0 fully saturated rings. The molecule has 0 saturated heterocycles. The minimum absolute atomic E-state index is 0. The summed E-state index contributed by atoms with van der Waals surface area (Å²) in [7, 11) is 0. The van der Waals surface area contributed by atoms with Crippen molar-refractivity contribution in [3.05, 3.63) is 124 Å². The summed E-state index contributed by atoms with van der Waals surface area (Å²) >= 11 is -2.13. The van der Waals surface area contributed by atoms with Crippen LogP contribution < -0.4 is 3.27 Å². The fraction of sp³-hybridized carbons (Fsp3) is 0.121. The van der Waals surface area contributed by atoms with Crippen molar-refractivity contribution in [3.8, 4) is 33.4 Å². The van der Waals surface area contributed by atoms with Crippen LogP contribution in [0.1, 0.15) is 31.4 Å². The van der Waals surface area contributed by atoms with Gasteiger partial charge in [-0.25, -0.2) is 0 Å². The molecule has 0 aliphatic heterocycles. The first kappa shape index (κ1) is 26.7. The molecule has 4 aromatic carbocycles. The Balaban J connectivity index is 0.00000152. The molecular formula is C33H30Cl2Zr. The Morgan fingerprint density at radius 1 is 0.667 bits per heavy atom. The molecule has 0 heterocycles. The van der Waals surface area contributed by atoms with Gasteiger partial charge in [-0.3, -0.25) is 0 Å². The van der Waals surface area contributed by atoms with Crippen molar-refractivity contribution in [1.29, 1.82) is 0 Å². The van der Waals surface area contributed by atoms with Crippen LogP contribution in [0.3, 0.4) is 0 Å². The van der Waals surface area contributed by atoms with Crippen molar-refractivity contribution >= 4 is 31.3 Å². The third-order valence-electron chi connectivity index (χ3n) is 7.09. The van der Waals surface area contributed by atoms with Gasteiger partial charge in [0.15, 0.2) is 0 Å². The van der Waals surface area contributed by atoms with Gasteiger partial charge in [0, 0.05) is 0 Å². The topological polar surface area (TPSA) is 0 Å². The van der Waals surface area contributed by atoms with E-state index in [9.17, 15) is 0 Å². The van der Waals surface area contributed by atoms with Gasteiger partial charge in [0.1, 0.15) is 0 Å². The fourth-order valence-electron chi connectivity index (χ4n) is 5.50. The Morgan fingerprint density at radius 2 is 1.31 bits per heavy atom. The van der Waals surface area contributed by atoms with Crippen LogP contribution in [0.15, 0.2) is 113 Å². The summed E-state index contributed by atoms with van der Waals surface area (Å²) in [5, 5.41) is 0. The van der Waals surface area contributed by atoms with Crippen molar-refractivity contribution in [2.45, 2.75) is 26.7 Å². The molecule has 0 atom stereocenters. The maximum Gasteiger partial charge on any atom is -0.147 e. The molecule has 2 aliphatic rings. The Morgan fingerprint density at radius 3 is 1.92 bits per heavy atom. The van der Waals surface area contributed by atoms with Crippen LogP contribution in [0.4, 0.5) is 0 Å². The van der Waals surface area contributed by atoms with Crippen LogP contribution in [-0.4, -0.2) is 3.21 Å². The summed E-state index contributed by atoms with van der Waals surface area (Å²) in [5.41, 5.74) is 11.2. The molecule has 2 aliphatic carbocycles. The Hall–Kier alpha value is -2.31. The zero-order chi connectivity index (χ0) is 23.1. The molecule has 180 valence electrons. The first-order valence-corrected chi connectivity index (χ1v) is 15.8. The predicted molar refractivity (Wildman–Crippen MR) is 158 cm³/mol. The molecule has 0 nitrogen and oxygen atoms in total. The maximum absolute atomic E-state index is 2.55. The van der Waals surface area contributed by atoms with Crippen LogP contribution >= 0.6 is 24.8 Å². The SMILES string of the molecule is C[C](C)=[Zr]([C]1=CC=CC1)[c]1cc(-c2ccccc2)cc2c1Cc1ccc(-c3ccccc3)cc1-2.Cl.Cl. The van der Waals surface area contributed by atoms with Crippen molar-refractivity contribution in [2.24, 2.45) is 0 Å².